The first-order valence-electron chi connectivity index (χ1n) is 8.71. The molecule has 0 bridgehead atoms. The Labute approximate surface area is 148 Å². The first-order valence-corrected chi connectivity index (χ1v) is 8.71. The molecule has 5 nitrogen and oxygen atoms in total. The van der Waals surface area contributed by atoms with Crippen LogP contribution in [0.15, 0.2) is 49.2 Å². The lowest BCUT2D eigenvalue weighted by Crippen LogP contribution is -2.37. The van der Waals surface area contributed by atoms with Crippen LogP contribution in [-0.4, -0.2) is 33.9 Å². The number of piperidine rings is 1. The van der Waals surface area contributed by atoms with Crippen molar-refractivity contribution >= 4 is 17.5 Å². The maximum Gasteiger partial charge on any atom is 0.245 e. The van der Waals surface area contributed by atoms with Gasteiger partial charge in [-0.05, 0) is 68.0 Å². The maximum atomic E-state index is 11.7. The van der Waals surface area contributed by atoms with Gasteiger partial charge in [0, 0.05) is 25.0 Å². The Morgan fingerprint density at radius 2 is 2.12 bits per heavy atom. The van der Waals surface area contributed by atoms with Crippen LogP contribution in [0, 0.1) is 12.8 Å². The number of anilines is 2. The van der Waals surface area contributed by atoms with Crippen LogP contribution in [0.3, 0.4) is 0 Å². The predicted molar refractivity (Wildman–Crippen MR) is 99.7 cm³/mol. The van der Waals surface area contributed by atoms with Crippen LogP contribution in [0.4, 0.5) is 11.6 Å². The molecule has 2 aromatic heterocycles. The Morgan fingerprint density at radius 3 is 2.84 bits per heavy atom. The largest absolute Gasteiger partial charge is 0.339 e. The summed E-state index contributed by atoms with van der Waals surface area (Å²) in [4.78, 5) is 22.4. The Morgan fingerprint density at radius 1 is 1.32 bits per heavy atom. The summed E-state index contributed by atoms with van der Waals surface area (Å²) in [5.41, 5.74) is 2.24. The van der Waals surface area contributed by atoms with E-state index in [1.165, 1.54) is 11.6 Å². The van der Waals surface area contributed by atoms with Crippen molar-refractivity contribution in [3.8, 4) is 0 Å². The van der Waals surface area contributed by atoms with E-state index in [0.717, 1.165) is 49.7 Å². The van der Waals surface area contributed by atoms with Gasteiger partial charge < -0.3 is 10.2 Å². The SMILES string of the molecule is C=CC(=O)N1CCC(Cc2ccnc(Nc3cccc(C)n3)c2)CC1. The number of rotatable bonds is 5. The van der Waals surface area contributed by atoms with Crippen molar-refractivity contribution in [3.63, 3.8) is 0 Å². The van der Waals surface area contributed by atoms with Crippen molar-refractivity contribution in [1.82, 2.24) is 14.9 Å². The highest BCUT2D eigenvalue weighted by molar-refractivity contribution is 5.87. The molecule has 5 heteroatoms. The second-order valence-corrected chi connectivity index (χ2v) is 6.52. The van der Waals surface area contributed by atoms with E-state index in [0.29, 0.717) is 5.92 Å². The quantitative estimate of drug-likeness (QED) is 0.849. The number of hydrogen-bond donors (Lipinski definition) is 1. The molecule has 3 rings (SSSR count). The molecule has 25 heavy (non-hydrogen) atoms. The first kappa shape index (κ1) is 17.1. The minimum atomic E-state index is 0.0412. The predicted octanol–water partition coefficient (Wildman–Crippen LogP) is 3.50. The zero-order valence-electron chi connectivity index (χ0n) is 14.6. The lowest BCUT2D eigenvalue weighted by atomic mass is 9.90. The highest BCUT2D eigenvalue weighted by Crippen LogP contribution is 2.23. The molecule has 1 aliphatic heterocycles. The summed E-state index contributed by atoms with van der Waals surface area (Å²) in [6.45, 7) is 7.17. The van der Waals surface area contributed by atoms with Crippen LogP contribution in [0.25, 0.3) is 0 Å². The lowest BCUT2D eigenvalue weighted by Gasteiger charge is -2.31. The topological polar surface area (TPSA) is 58.1 Å². The third-order valence-electron chi connectivity index (χ3n) is 4.59. The van der Waals surface area contributed by atoms with Crippen molar-refractivity contribution in [2.75, 3.05) is 18.4 Å². The van der Waals surface area contributed by atoms with Gasteiger partial charge in [-0.2, -0.15) is 0 Å². The molecule has 0 spiro atoms. The zero-order valence-corrected chi connectivity index (χ0v) is 14.6. The van der Waals surface area contributed by atoms with Crippen molar-refractivity contribution < 1.29 is 4.79 Å². The Hall–Kier alpha value is -2.69. The lowest BCUT2D eigenvalue weighted by molar-refractivity contribution is -0.127. The fourth-order valence-electron chi connectivity index (χ4n) is 3.23. The highest BCUT2D eigenvalue weighted by atomic mass is 16.2. The van der Waals surface area contributed by atoms with Gasteiger partial charge >= 0.3 is 0 Å². The molecule has 0 aromatic carbocycles. The Bertz CT molecular complexity index is 751. The summed E-state index contributed by atoms with van der Waals surface area (Å²) >= 11 is 0. The van der Waals surface area contributed by atoms with Gasteiger partial charge in [-0.1, -0.05) is 12.6 Å². The summed E-state index contributed by atoms with van der Waals surface area (Å²) in [5, 5.41) is 3.27. The molecule has 0 atom stereocenters. The summed E-state index contributed by atoms with van der Waals surface area (Å²) in [6, 6.07) is 10.0. The minimum absolute atomic E-state index is 0.0412. The molecule has 1 amide bonds. The van der Waals surface area contributed by atoms with E-state index in [1.54, 1.807) is 0 Å². The maximum absolute atomic E-state index is 11.7. The molecule has 1 saturated heterocycles. The number of nitrogens with one attached hydrogen (secondary N) is 1. The van der Waals surface area contributed by atoms with Crippen LogP contribution >= 0.6 is 0 Å². The fourth-order valence-corrected chi connectivity index (χ4v) is 3.23. The molecule has 1 fully saturated rings. The van der Waals surface area contributed by atoms with Gasteiger partial charge in [-0.25, -0.2) is 9.97 Å². The molecule has 1 aliphatic rings. The molecule has 1 N–H and O–H groups in total. The van der Waals surface area contributed by atoms with E-state index < -0.39 is 0 Å². The molecular formula is C20H24N4O. The van der Waals surface area contributed by atoms with Crippen LogP contribution < -0.4 is 5.32 Å². The Balaban J connectivity index is 1.59. The summed E-state index contributed by atoms with van der Waals surface area (Å²) in [5.74, 6) is 2.26. The second-order valence-electron chi connectivity index (χ2n) is 6.52. The monoisotopic (exact) mass is 336 g/mol. The number of hydrogen-bond acceptors (Lipinski definition) is 4. The van der Waals surface area contributed by atoms with Crippen molar-refractivity contribution in [2.24, 2.45) is 5.92 Å². The summed E-state index contributed by atoms with van der Waals surface area (Å²) in [6.07, 6.45) is 6.31. The molecule has 0 aliphatic carbocycles. The summed E-state index contributed by atoms with van der Waals surface area (Å²) < 4.78 is 0. The van der Waals surface area contributed by atoms with E-state index in [1.807, 2.05) is 36.2 Å². The average molecular weight is 336 g/mol. The molecule has 0 unspecified atom stereocenters. The van der Waals surface area contributed by atoms with Gasteiger partial charge in [0.1, 0.15) is 11.6 Å². The van der Waals surface area contributed by atoms with Crippen LogP contribution in [0.5, 0.6) is 0 Å². The molecule has 3 heterocycles. The van der Waals surface area contributed by atoms with Gasteiger partial charge in [0.25, 0.3) is 0 Å². The summed E-state index contributed by atoms with van der Waals surface area (Å²) in [7, 11) is 0. The number of aryl methyl sites for hydroxylation is 1. The second kappa shape index (κ2) is 7.92. The van der Waals surface area contributed by atoms with E-state index in [9.17, 15) is 4.79 Å². The zero-order chi connectivity index (χ0) is 17.6. The van der Waals surface area contributed by atoms with Gasteiger partial charge in [0.05, 0.1) is 0 Å². The minimum Gasteiger partial charge on any atom is -0.339 e. The number of nitrogens with zero attached hydrogens (tertiary/aromatic N) is 3. The van der Waals surface area contributed by atoms with Crippen molar-refractivity contribution in [3.05, 3.63) is 60.4 Å². The van der Waals surface area contributed by atoms with E-state index in [2.05, 4.69) is 34.0 Å². The first-order chi connectivity index (χ1) is 12.1. The third-order valence-corrected chi connectivity index (χ3v) is 4.59. The Kier molecular flexibility index (Phi) is 5.43. The van der Waals surface area contributed by atoms with Crippen molar-refractivity contribution in [2.45, 2.75) is 26.2 Å². The van der Waals surface area contributed by atoms with Crippen LogP contribution in [0.1, 0.15) is 24.1 Å². The van der Waals surface area contributed by atoms with E-state index in [4.69, 9.17) is 0 Å². The van der Waals surface area contributed by atoms with Gasteiger partial charge in [-0.15, -0.1) is 0 Å². The van der Waals surface area contributed by atoms with Gasteiger partial charge in [0.2, 0.25) is 5.91 Å². The number of aromatic nitrogens is 2. The standard InChI is InChI=1S/C20H24N4O/c1-3-20(25)24-11-8-16(9-12-24)13-17-7-10-21-19(14-17)23-18-6-4-5-15(2)22-18/h3-7,10,14,16H,1,8-9,11-13H2,2H3,(H,21,22,23). The number of amides is 1. The van der Waals surface area contributed by atoms with Gasteiger partial charge in [-0.3, -0.25) is 4.79 Å². The number of pyridine rings is 2. The van der Waals surface area contributed by atoms with Gasteiger partial charge in [0.15, 0.2) is 0 Å². The number of carbonyl (C=O) groups is 1. The molecule has 2 aromatic rings. The van der Waals surface area contributed by atoms with E-state index >= 15 is 0 Å². The fraction of sp³-hybridized carbons (Fsp3) is 0.350. The third kappa shape index (κ3) is 4.66. The smallest absolute Gasteiger partial charge is 0.245 e. The normalized spacial score (nSPS) is 15.0. The molecular weight excluding hydrogens is 312 g/mol. The highest BCUT2D eigenvalue weighted by Gasteiger charge is 2.21. The van der Waals surface area contributed by atoms with Crippen LogP contribution in [0.2, 0.25) is 0 Å². The molecule has 0 radical (unpaired) electrons. The average Bonchev–Trinajstić information content (AvgIpc) is 2.62. The number of likely N-dealkylation sites (tertiary alicyclic amines) is 1. The number of carbonyl (C=O) groups excluding carboxylic acids is 1. The molecule has 0 saturated carbocycles. The molecule has 130 valence electrons. The van der Waals surface area contributed by atoms with E-state index in [-0.39, 0.29) is 5.91 Å². The van der Waals surface area contributed by atoms with Crippen LogP contribution in [-0.2, 0) is 11.2 Å². The van der Waals surface area contributed by atoms with Crippen molar-refractivity contribution in [1.29, 1.82) is 0 Å².